The van der Waals surface area contributed by atoms with Gasteiger partial charge in [0, 0.05) is 11.4 Å². The Morgan fingerprint density at radius 1 is 0.341 bits per heavy atom. The third-order valence-electron chi connectivity index (χ3n) is 9.46. The van der Waals surface area contributed by atoms with Crippen molar-refractivity contribution >= 4 is 43.7 Å². The Kier molecular flexibility index (Phi) is 5.48. The minimum Gasteiger partial charge on any atom is -0.356 e. The van der Waals surface area contributed by atoms with Gasteiger partial charge in [0.15, 0.2) is 0 Å². The Hall–Kier alpha value is -5.66. The van der Waals surface area contributed by atoms with Crippen LogP contribution in [0.3, 0.4) is 0 Å². The summed E-state index contributed by atoms with van der Waals surface area (Å²) < 4.78 is 0. The van der Waals surface area contributed by atoms with E-state index in [-0.39, 0.29) is 0 Å². The quantitative estimate of drug-likeness (QED) is 0.212. The van der Waals surface area contributed by atoms with E-state index < -0.39 is 5.41 Å². The second-order valence-corrected chi connectivity index (χ2v) is 11.8. The maximum atomic E-state index is 3.75. The van der Waals surface area contributed by atoms with Gasteiger partial charge in [-0.1, -0.05) is 140 Å². The molecule has 0 spiro atoms. The van der Waals surface area contributed by atoms with E-state index in [1.165, 1.54) is 65.7 Å². The first-order chi connectivity index (χ1) is 21.8. The van der Waals surface area contributed by atoms with Crippen molar-refractivity contribution in [1.82, 2.24) is 0 Å². The fraction of sp³-hybridized carbons (Fsp3) is 0.0233. The van der Waals surface area contributed by atoms with Gasteiger partial charge >= 0.3 is 0 Å². The van der Waals surface area contributed by atoms with Gasteiger partial charge in [-0.05, 0) is 96.0 Å². The van der Waals surface area contributed by atoms with Crippen molar-refractivity contribution in [2.45, 2.75) is 5.41 Å². The molecule has 8 aromatic carbocycles. The van der Waals surface area contributed by atoms with E-state index >= 15 is 0 Å². The number of anilines is 2. The van der Waals surface area contributed by atoms with Gasteiger partial charge in [-0.3, -0.25) is 0 Å². The van der Waals surface area contributed by atoms with Gasteiger partial charge < -0.3 is 5.32 Å². The molecule has 206 valence electrons. The van der Waals surface area contributed by atoms with Crippen molar-refractivity contribution in [2.75, 3.05) is 5.32 Å². The minimum atomic E-state index is -0.447. The Morgan fingerprint density at radius 3 is 1.75 bits per heavy atom. The molecular formula is C43H29N. The second-order valence-electron chi connectivity index (χ2n) is 11.8. The van der Waals surface area contributed by atoms with Crippen molar-refractivity contribution in [3.05, 3.63) is 192 Å². The summed E-state index contributed by atoms with van der Waals surface area (Å²) in [6.07, 6.45) is 0. The highest BCUT2D eigenvalue weighted by Gasteiger charge is 2.46. The normalized spacial score (nSPS) is 13.2. The van der Waals surface area contributed by atoms with E-state index in [0.717, 1.165) is 11.4 Å². The van der Waals surface area contributed by atoms with Gasteiger partial charge in [-0.25, -0.2) is 0 Å². The van der Waals surface area contributed by atoms with E-state index in [1.807, 2.05) is 0 Å². The van der Waals surface area contributed by atoms with Crippen LogP contribution >= 0.6 is 0 Å². The number of fused-ring (bicyclic) bond motifs is 7. The molecule has 1 aliphatic carbocycles. The fourth-order valence-corrected chi connectivity index (χ4v) is 7.53. The van der Waals surface area contributed by atoms with Gasteiger partial charge in [0.2, 0.25) is 0 Å². The van der Waals surface area contributed by atoms with Crippen LogP contribution in [0.1, 0.15) is 22.3 Å². The lowest BCUT2D eigenvalue weighted by Crippen LogP contribution is -2.28. The van der Waals surface area contributed by atoms with Gasteiger partial charge in [-0.2, -0.15) is 0 Å². The zero-order chi connectivity index (χ0) is 29.1. The molecule has 1 heteroatoms. The summed E-state index contributed by atoms with van der Waals surface area (Å²) in [6, 6.07) is 62.3. The molecule has 1 N–H and O–H groups in total. The monoisotopic (exact) mass is 559 g/mol. The molecule has 1 nitrogen and oxygen atoms in total. The predicted molar refractivity (Wildman–Crippen MR) is 186 cm³/mol. The zero-order valence-corrected chi connectivity index (χ0v) is 24.2. The summed E-state index contributed by atoms with van der Waals surface area (Å²) >= 11 is 0. The molecule has 44 heavy (non-hydrogen) atoms. The summed E-state index contributed by atoms with van der Waals surface area (Å²) in [4.78, 5) is 0. The zero-order valence-electron chi connectivity index (χ0n) is 24.2. The molecule has 0 saturated heterocycles. The van der Waals surface area contributed by atoms with Crippen molar-refractivity contribution in [2.24, 2.45) is 0 Å². The first-order valence-corrected chi connectivity index (χ1v) is 15.3. The number of hydrogen-bond donors (Lipinski definition) is 1. The molecule has 0 heterocycles. The highest BCUT2D eigenvalue weighted by molar-refractivity contribution is 6.08. The highest BCUT2D eigenvalue weighted by Crippen LogP contribution is 2.56. The van der Waals surface area contributed by atoms with Crippen LogP contribution in [0.2, 0.25) is 0 Å². The van der Waals surface area contributed by atoms with E-state index in [0.29, 0.717) is 0 Å². The Balaban J connectivity index is 1.23. The van der Waals surface area contributed by atoms with Gasteiger partial charge in [0.25, 0.3) is 0 Å². The van der Waals surface area contributed by atoms with Crippen LogP contribution in [-0.2, 0) is 5.41 Å². The molecule has 1 aliphatic rings. The molecule has 9 rings (SSSR count). The maximum Gasteiger partial charge on any atom is 0.0714 e. The first-order valence-electron chi connectivity index (χ1n) is 15.3. The van der Waals surface area contributed by atoms with Crippen LogP contribution in [0.5, 0.6) is 0 Å². The number of hydrogen-bond acceptors (Lipinski definition) is 1. The van der Waals surface area contributed by atoms with E-state index in [9.17, 15) is 0 Å². The highest BCUT2D eigenvalue weighted by atomic mass is 14.9. The van der Waals surface area contributed by atoms with Gasteiger partial charge in [0.1, 0.15) is 0 Å². The molecule has 0 aliphatic heterocycles. The third-order valence-corrected chi connectivity index (χ3v) is 9.46. The van der Waals surface area contributed by atoms with Crippen LogP contribution in [0.25, 0.3) is 43.4 Å². The molecule has 0 amide bonds. The van der Waals surface area contributed by atoms with Crippen LogP contribution < -0.4 is 5.32 Å². The Bertz CT molecular complexity index is 2340. The average molecular weight is 560 g/mol. The average Bonchev–Trinajstić information content (AvgIpc) is 3.39. The molecule has 0 aromatic heterocycles. The largest absolute Gasteiger partial charge is 0.356 e. The number of benzene rings is 8. The SMILES string of the molecule is c1cc(Nc2ccc3c(ccc4ccccc43)c2)cc(C2(c3ccc4ccccc4c3)c3ccccc3-c3ccccc32)c1. The minimum absolute atomic E-state index is 0.447. The van der Waals surface area contributed by atoms with Crippen molar-refractivity contribution in [3.8, 4) is 11.1 Å². The lowest BCUT2D eigenvalue weighted by Gasteiger charge is -2.34. The molecule has 8 aromatic rings. The van der Waals surface area contributed by atoms with Crippen LogP contribution in [-0.4, -0.2) is 0 Å². The van der Waals surface area contributed by atoms with Gasteiger partial charge in [-0.15, -0.1) is 0 Å². The molecule has 0 atom stereocenters. The van der Waals surface area contributed by atoms with Crippen molar-refractivity contribution in [1.29, 1.82) is 0 Å². The summed E-state index contributed by atoms with van der Waals surface area (Å²) in [6.45, 7) is 0. The summed E-state index contributed by atoms with van der Waals surface area (Å²) in [5.41, 5.74) is 9.49. The Labute approximate surface area is 257 Å². The number of rotatable bonds is 4. The standard InChI is InChI=1S/C43H29N/c1-2-12-31-26-34(23-22-29(31)10-1)43(41-18-7-5-16-39(41)40-17-6-8-19-42(40)43)33-13-9-14-35(28-33)44-36-24-25-38-32(27-36)21-20-30-11-3-4-15-37(30)38/h1-28,44H. The summed E-state index contributed by atoms with van der Waals surface area (Å²) in [5.74, 6) is 0. The van der Waals surface area contributed by atoms with E-state index in [4.69, 9.17) is 0 Å². The summed E-state index contributed by atoms with van der Waals surface area (Å²) in [5, 5.41) is 11.3. The Morgan fingerprint density at radius 2 is 0.932 bits per heavy atom. The topological polar surface area (TPSA) is 12.0 Å². The van der Waals surface area contributed by atoms with Crippen LogP contribution in [0.15, 0.2) is 170 Å². The molecule has 0 unspecified atom stereocenters. The lowest BCUT2D eigenvalue weighted by atomic mass is 9.67. The second kappa shape index (κ2) is 9.69. The van der Waals surface area contributed by atoms with Crippen LogP contribution in [0.4, 0.5) is 11.4 Å². The van der Waals surface area contributed by atoms with Crippen molar-refractivity contribution < 1.29 is 0 Å². The van der Waals surface area contributed by atoms with Crippen molar-refractivity contribution in [3.63, 3.8) is 0 Å². The lowest BCUT2D eigenvalue weighted by molar-refractivity contribution is 0.770. The van der Waals surface area contributed by atoms with Crippen LogP contribution in [0, 0.1) is 0 Å². The third kappa shape index (κ3) is 3.66. The number of nitrogens with one attached hydrogen (secondary N) is 1. The molecule has 0 fully saturated rings. The molecule has 0 radical (unpaired) electrons. The smallest absolute Gasteiger partial charge is 0.0714 e. The summed E-state index contributed by atoms with van der Waals surface area (Å²) in [7, 11) is 0. The first kappa shape index (κ1) is 24.9. The maximum absolute atomic E-state index is 3.75. The molecule has 0 bridgehead atoms. The van der Waals surface area contributed by atoms with E-state index in [2.05, 4.69) is 175 Å². The predicted octanol–water partition coefficient (Wildman–Crippen LogP) is 11.3. The van der Waals surface area contributed by atoms with Gasteiger partial charge in [0.05, 0.1) is 5.41 Å². The molecular weight excluding hydrogens is 530 g/mol. The fourth-order valence-electron chi connectivity index (χ4n) is 7.53. The van der Waals surface area contributed by atoms with E-state index in [1.54, 1.807) is 0 Å². The molecule has 0 saturated carbocycles.